The van der Waals surface area contributed by atoms with Crippen LogP contribution in [0.5, 0.6) is 0 Å². The van der Waals surface area contributed by atoms with E-state index in [1.807, 2.05) is 20.1 Å². The number of aromatic nitrogens is 2. The highest BCUT2D eigenvalue weighted by Crippen LogP contribution is 2.28. The fraction of sp³-hybridized carbons (Fsp3) is 0.500. The summed E-state index contributed by atoms with van der Waals surface area (Å²) in [7, 11) is -3.55. The van der Waals surface area contributed by atoms with E-state index in [2.05, 4.69) is 9.97 Å². The van der Waals surface area contributed by atoms with Crippen molar-refractivity contribution >= 4 is 50.6 Å². The first kappa shape index (κ1) is 22.5. The molecule has 0 radical (unpaired) electrons. The second-order valence-corrected chi connectivity index (χ2v) is 11.4. The average Bonchev–Trinajstić information content (AvgIpc) is 3.14. The lowest BCUT2D eigenvalue weighted by Crippen LogP contribution is -2.50. The Labute approximate surface area is 184 Å². The number of sulfonamides is 1. The standard InChI is InChI=1S/C18H23ClN4O3S3/c1-12-14(13(2)21-18(20-12)27-3)4-6-16(24)22-8-10-23(11-9-22)29(25,26)17-7-5-15(19)28-17/h5,7H,4,6,8-11H2,1-3H3. The zero-order valence-corrected chi connectivity index (χ0v) is 19.7. The van der Waals surface area contributed by atoms with Gasteiger partial charge in [-0.3, -0.25) is 4.79 Å². The molecule has 1 aliphatic heterocycles. The van der Waals surface area contributed by atoms with Crippen molar-refractivity contribution in [2.75, 3.05) is 32.4 Å². The van der Waals surface area contributed by atoms with Gasteiger partial charge in [-0.15, -0.1) is 11.3 Å². The molecule has 3 heterocycles. The van der Waals surface area contributed by atoms with E-state index in [1.165, 1.54) is 22.1 Å². The van der Waals surface area contributed by atoms with Gasteiger partial charge in [0.2, 0.25) is 5.91 Å². The number of halogens is 1. The van der Waals surface area contributed by atoms with E-state index in [1.54, 1.807) is 11.0 Å². The first-order valence-corrected chi connectivity index (χ1v) is 13.0. The van der Waals surface area contributed by atoms with Crippen molar-refractivity contribution in [1.82, 2.24) is 19.2 Å². The minimum absolute atomic E-state index is 0.0222. The molecular weight excluding hydrogens is 452 g/mol. The van der Waals surface area contributed by atoms with Crippen LogP contribution >= 0.6 is 34.7 Å². The zero-order valence-electron chi connectivity index (χ0n) is 16.5. The molecule has 11 heteroatoms. The second-order valence-electron chi connectivity index (χ2n) is 6.70. The van der Waals surface area contributed by atoms with Crippen molar-refractivity contribution in [1.29, 1.82) is 0 Å². The molecule has 29 heavy (non-hydrogen) atoms. The minimum Gasteiger partial charge on any atom is -0.340 e. The lowest BCUT2D eigenvalue weighted by Gasteiger charge is -2.33. The number of nitrogens with zero attached hydrogens (tertiary/aromatic N) is 4. The fourth-order valence-electron chi connectivity index (χ4n) is 3.29. The van der Waals surface area contributed by atoms with Gasteiger partial charge in [-0.1, -0.05) is 23.4 Å². The third-order valence-electron chi connectivity index (χ3n) is 4.91. The quantitative estimate of drug-likeness (QED) is 0.472. The van der Waals surface area contributed by atoms with Crippen molar-refractivity contribution in [3.05, 3.63) is 33.4 Å². The molecule has 2 aromatic rings. The Bertz CT molecular complexity index is 979. The van der Waals surface area contributed by atoms with Crippen LogP contribution in [0.4, 0.5) is 0 Å². The Morgan fingerprint density at radius 3 is 2.31 bits per heavy atom. The second kappa shape index (κ2) is 9.30. The molecule has 0 saturated carbocycles. The molecule has 0 unspecified atom stereocenters. The highest BCUT2D eigenvalue weighted by molar-refractivity contribution is 7.98. The van der Waals surface area contributed by atoms with Gasteiger partial charge in [-0.05, 0) is 44.2 Å². The van der Waals surface area contributed by atoms with Crippen LogP contribution in [-0.4, -0.2) is 65.9 Å². The number of hydrogen-bond donors (Lipinski definition) is 0. The monoisotopic (exact) mass is 474 g/mol. The van der Waals surface area contributed by atoms with Crippen LogP contribution in [0.25, 0.3) is 0 Å². The van der Waals surface area contributed by atoms with Crippen LogP contribution in [0.1, 0.15) is 23.4 Å². The predicted molar refractivity (Wildman–Crippen MR) is 116 cm³/mol. The number of hydrogen-bond acceptors (Lipinski definition) is 7. The summed E-state index contributed by atoms with van der Waals surface area (Å²) in [4.78, 5) is 23.3. The number of amides is 1. The molecule has 1 fully saturated rings. The molecule has 1 aliphatic rings. The van der Waals surface area contributed by atoms with Crippen LogP contribution in [0.3, 0.4) is 0 Å². The molecule has 0 spiro atoms. The average molecular weight is 475 g/mol. The van der Waals surface area contributed by atoms with Crippen molar-refractivity contribution in [2.45, 2.75) is 36.1 Å². The highest BCUT2D eigenvalue weighted by atomic mass is 35.5. The Morgan fingerprint density at radius 2 is 1.79 bits per heavy atom. The Morgan fingerprint density at radius 1 is 1.17 bits per heavy atom. The maximum atomic E-state index is 12.7. The van der Waals surface area contributed by atoms with Gasteiger partial charge in [0.15, 0.2) is 5.16 Å². The number of thiophene rings is 1. The molecule has 0 atom stereocenters. The molecule has 0 aliphatic carbocycles. The summed E-state index contributed by atoms with van der Waals surface area (Å²) >= 11 is 8.41. The molecule has 7 nitrogen and oxygen atoms in total. The van der Waals surface area contributed by atoms with Gasteiger partial charge >= 0.3 is 0 Å². The SMILES string of the molecule is CSc1nc(C)c(CCC(=O)N2CCN(S(=O)(=O)c3ccc(Cl)s3)CC2)c(C)n1. The van der Waals surface area contributed by atoms with Gasteiger partial charge in [0.25, 0.3) is 10.0 Å². The summed E-state index contributed by atoms with van der Waals surface area (Å²) in [5.41, 5.74) is 2.81. The van der Waals surface area contributed by atoms with Gasteiger partial charge in [0, 0.05) is 44.0 Å². The van der Waals surface area contributed by atoms with Crippen LogP contribution in [0.15, 0.2) is 21.5 Å². The number of piperazine rings is 1. The Kier molecular flexibility index (Phi) is 7.21. The number of carbonyl (C=O) groups excluding carboxylic acids is 1. The van der Waals surface area contributed by atoms with Crippen molar-refractivity contribution in [3.8, 4) is 0 Å². The van der Waals surface area contributed by atoms with Crippen LogP contribution in [0.2, 0.25) is 4.34 Å². The third kappa shape index (κ3) is 5.11. The molecule has 3 rings (SSSR count). The maximum Gasteiger partial charge on any atom is 0.252 e. The van der Waals surface area contributed by atoms with Crippen molar-refractivity contribution < 1.29 is 13.2 Å². The van der Waals surface area contributed by atoms with E-state index in [4.69, 9.17) is 11.6 Å². The van der Waals surface area contributed by atoms with Gasteiger partial charge in [0.1, 0.15) is 4.21 Å². The summed E-state index contributed by atoms with van der Waals surface area (Å²) in [6.07, 6.45) is 2.87. The van der Waals surface area contributed by atoms with Gasteiger partial charge in [0.05, 0.1) is 4.34 Å². The molecule has 158 valence electrons. The molecule has 1 saturated heterocycles. The molecule has 0 bridgehead atoms. The minimum atomic E-state index is -3.55. The maximum absolute atomic E-state index is 12.7. The van der Waals surface area contributed by atoms with E-state index >= 15 is 0 Å². The van der Waals surface area contributed by atoms with E-state index in [9.17, 15) is 13.2 Å². The summed E-state index contributed by atoms with van der Waals surface area (Å²) in [5.74, 6) is 0.0222. The van der Waals surface area contributed by atoms with Crippen LogP contribution < -0.4 is 0 Å². The number of rotatable bonds is 6. The van der Waals surface area contributed by atoms with Crippen LogP contribution in [-0.2, 0) is 21.2 Å². The van der Waals surface area contributed by atoms with E-state index in [0.29, 0.717) is 30.3 Å². The van der Waals surface area contributed by atoms with E-state index in [0.717, 1.165) is 33.4 Å². The molecule has 1 amide bonds. The first-order chi connectivity index (χ1) is 13.7. The lowest BCUT2D eigenvalue weighted by atomic mass is 10.1. The van der Waals surface area contributed by atoms with Crippen molar-refractivity contribution in [2.24, 2.45) is 0 Å². The summed E-state index contributed by atoms with van der Waals surface area (Å²) in [6.45, 7) is 5.22. The molecular formula is C18H23ClN4O3S3. The van der Waals surface area contributed by atoms with Crippen molar-refractivity contribution in [3.63, 3.8) is 0 Å². The molecule has 2 aromatic heterocycles. The molecule has 0 N–H and O–H groups in total. The smallest absolute Gasteiger partial charge is 0.252 e. The van der Waals surface area contributed by atoms with E-state index < -0.39 is 10.0 Å². The number of aryl methyl sites for hydroxylation is 2. The Balaban J connectivity index is 1.57. The molecule has 0 aromatic carbocycles. The summed E-state index contributed by atoms with van der Waals surface area (Å²) in [5, 5.41) is 0.736. The first-order valence-electron chi connectivity index (χ1n) is 9.13. The number of carbonyl (C=O) groups is 1. The highest BCUT2D eigenvalue weighted by Gasteiger charge is 2.31. The lowest BCUT2D eigenvalue weighted by molar-refractivity contribution is -0.132. The largest absolute Gasteiger partial charge is 0.340 e. The van der Waals surface area contributed by atoms with Gasteiger partial charge in [-0.25, -0.2) is 18.4 Å². The normalized spacial score (nSPS) is 15.7. The zero-order chi connectivity index (χ0) is 21.2. The topological polar surface area (TPSA) is 83.5 Å². The van der Waals surface area contributed by atoms with Crippen LogP contribution in [0, 0.1) is 13.8 Å². The van der Waals surface area contributed by atoms with E-state index in [-0.39, 0.29) is 23.2 Å². The summed E-state index contributed by atoms with van der Waals surface area (Å²) in [6, 6.07) is 3.10. The summed E-state index contributed by atoms with van der Waals surface area (Å²) < 4.78 is 27.4. The fourth-order valence-corrected chi connectivity index (χ4v) is 6.81. The Hall–Kier alpha value is -1.20. The predicted octanol–water partition coefficient (Wildman–Crippen LogP) is 3.00. The number of thioether (sulfide) groups is 1. The van der Waals surface area contributed by atoms with Gasteiger partial charge in [-0.2, -0.15) is 4.31 Å². The van der Waals surface area contributed by atoms with Gasteiger partial charge < -0.3 is 4.90 Å². The third-order valence-corrected chi connectivity index (χ3v) is 9.05.